The SMILES string of the molecule is CCCN(CC)C(=O)c1ccc(C#CCN)cc1. The second-order valence-electron chi connectivity index (χ2n) is 3.97. The van der Waals surface area contributed by atoms with E-state index in [1.54, 1.807) is 0 Å². The zero-order valence-corrected chi connectivity index (χ0v) is 11.1. The highest BCUT2D eigenvalue weighted by Crippen LogP contribution is 2.07. The van der Waals surface area contributed by atoms with Crippen LogP contribution < -0.4 is 5.73 Å². The van der Waals surface area contributed by atoms with Gasteiger partial charge in [0.05, 0.1) is 6.54 Å². The van der Waals surface area contributed by atoms with E-state index in [4.69, 9.17) is 5.73 Å². The second-order valence-corrected chi connectivity index (χ2v) is 3.97. The zero-order chi connectivity index (χ0) is 13.4. The predicted octanol–water partition coefficient (Wildman–Crippen LogP) is 1.87. The third kappa shape index (κ3) is 3.90. The van der Waals surface area contributed by atoms with Crippen molar-refractivity contribution in [3.63, 3.8) is 0 Å². The van der Waals surface area contributed by atoms with E-state index in [1.165, 1.54) is 0 Å². The number of carbonyl (C=O) groups is 1. The van der Waals surface area contributed by atoms with Gasteiger partial charge in [-0.05, 0) is 37.6 Å². The Kier molecular flexibility index (Phi) is 5.96. The third-order valence-corrected chi connectivity index (χ3v) is 2.63. The van der Waals surface area contributed by atoms with Gasteiger partial charge in [-0.1, -0.05) is 18.8 Å². The van der Waals surface area contributed by atoms with Crippen molar-refractivity contribution in [2.24, 2.45) is 5.73 Å². The lowest BCUT2D eigenvalue weighted by Gasteiger charge is -2.20. The highest BCUT2D eigenvalue weighted by Gasteiger charge is 2.12. The van der Waals surface area contributed by atoms with E-state index >= 15 is 0 Å². The number of hydrogen-bond donors (Lipinski definition) is 1. The van der Waals surface area contributed by atoms with E-state index in [1.807, 2.05) is 36.1 Å². The first-order chi connectivity index (χ1) is 8.72. The smallest absolute Gasteiger partial charge is 0.253 e. The number of amides is 1. The van der Waals surface area contributed by atoms with Crippen LogP contribution in [0.25, 0.3) is 0 Å². The van der Waals surface area contributed by atoms with Crippen molar-refractivity contribution in [2.45, 2.75) is 20.3 Å². The molecule has 0 atom stereocenters. The van der Waals surface area contributed by atoms with Gasteiger partial charge in [0.2, 0.25) is 0 Å². The first-order valence-electron chi connectivity index (χ1n) is 6.31. The molecule has 1 rings (SSSR count). The van der Waals surface area contributed by atoms with E-state index < -0.39 is 0 Å². The summed E-state index contributed by atoms with van der Waals surface area (Å²) in [5.74, 6) is 5.81. The summed E-state index contributed by atoms with van der Waals surface area (Å²) in [6, 6.07) is 7.35. The lowest BCUT2D eigenvalue weighted by atomic mass is 10.1. The Morgan fingerprint density at radius 2 is 1.94 bits per heavy atom. The minimum Gasteiger partial charge on any atom is -0.339 e. The third-order valence-electron chi connectivity index (χ3n) is 2.63. The van der Waals surface area contributed by atoms with Crippen molar-refractivity contribution in [1.29, 1.82) is 0 Å². The maximum atomic E-state index is 12.2. The molecule has 1 aromatic carbocycles. The van der Waals surface area contributed by atoms with Crippen LogP contribution >= 0.6 is 0 Å². The molecule has 3 nitrogen and oxygen atoms in total. The number of rotatable bonds is 4. The van der Waals surface area contributed by atoms with Gasteiger partial charge >= 0.3 is 0 Å². The van der Waals surface area contributed by atoms with Crippen LogP contribution in [0.1, 0.15) is 36.2 Å². The molecule has 0 radical (unpaired) electrons. The molecule has 0 aliphatic carbocycles. The molecule has 0 spiro atoms. The Morgan fingerprint density at radius 3 is 2.44 bits per heavy atom. The summed E-state index contributed by atoms with van der Waals surface area (Å²) in [5.41, 5.74) is 6.91. The monoisotopic (exact) mass is 244 g/mol. The van der Waals surface area contributed by atoms with Crippen LogP contribution in [0.15, 0.2) is 24.3 Å². The molecular weight excluding hydrogens is 224 g/mol. The van der Waals surface area contributed by atoms with Crippen LogP contribution in [0.3, 0.4) is 0 Å². The molecule has 0 aliphatic rings. The molecule has 0 aromatic heterocycles. The van der Waals surface area contributed by atoms with Crippen LogP contribution in [-0.4, -0.2) is 30.4 Å². The summed E-state index contributed by atoms with van der Waals surface area (Å²) >= 11 is 0. The van der Waals surface area contributed by atoms with Gasteiger partial charge in [-0.25, -0.2) is 0 Å². The van der Waals surface area contributed by atoms with Gasteiger partial charge < -0.3 is 10.6 Å². The fraction of sp³-hybridized carbons (Fsp3) is 0.400. The van der Waals surface area contributed by atoms with E-state index in [-0.39, 0.29) is 5.91 Å². The van der Waals surface area contributed by atoms with Crippen molar-refractivity contribution >= 4 is 5.91 Å². The Bertz CT molecular complexity index is 440. The zero-order valence-electron chi connectivity index (χ0n) is 11.1. The summed E-state index contributed by atoms with van der Waals surface area (Å²) in [7, 11) is 0. The van der Waals surface area contributed by atoms with Gasteiger partial charge in [0.15, 0.2) is 0 Å². The fourth-order valence-electron chi connectivity index (χ4n) is 1.70. The van der Waals surface area contributed by atoms with E-state index in [0.29, 0.717) is 12.1 Å². The van der Waals surface area contributed by atoms with Crippen LogP contribution in [0.2, 0.25) is 0 Å². The first-order valence-corrected chi connectivity index (χ1v) is 6.31. The van der Waals surface area contributed by atoms with Crippen LogP contribution in [0.5, 0.6) is 0 Å². The van der Waals surface area contributed by atoms with E-state index in [9.17, 15) is 4.79 Å². The molecule has 0 fully saturated rings. The molecule has 2 N–H and O–H groups in total. The lowest BCUT2D eigenvalue weighted by Crippen LogP contribution is -2.31. The van der Waals surface area contributed by atoms with E-state index in [0.717, 1.165) is 25.1 Å². The van der Waals surface area contributed by atoms with Crippen molar-refractivity contribution in [2.75, 3.05) is 19.6 Å². The summed E-state index contributed by atoms with van der Waals surface area (Å²) in [4.78, 5) is 14.0. The fourth-order valence-corrected chi connectivity index (χ4v) is 1.70. The van der Waals surface area contributed by atoms with Gasteiger partial charge in [0.1, 0.15) is 0 Å². The number of hydrogen-bond acceptors (Lipinski definition) is 2. The molecule has 3 heteroatoms. The van der Waals surface area contributed by atoms with Crippen LogP contribution in [0.4, 0.5) is 0 Å². The maximum Gasteiger partial charge on any atom is 0.253 e. The van der Waals surface area contributed by atoms with Crippen LogP contribution in [0, 0.1) is 11.8 Å². The Labute approximate surface area is 109 Å². The number of nitrogens with zero attached hydrogens (tertiary/aromatic N) is 1. The highest BCUT2D eigenvalue weighted by molar-refractivity contribution is 5.94. The average Bonchev–Trinajstić information content (AvgIpc) is 2.42. The van der Waals surface area contributed by atoms with Crippen LogP contribution in [-0.2, 0) is 0 Å². The molecule has 0 bridgehead atoms. The minimum absolute atomic E-state index is 0.0812. The first kappa shape index (κ1) is 14.3. The van der Waals surface area contributed by atoms with Crippen molar-refractivity contribution < 1.29 is 4.79 Å². The Balaban J connectivity index is 2.80. The molecule has 0 saturated carbocycles. The molecule has 96 valence electrons. The summed E-state index contributed by atoms with van der Waals surface area (Å²) in [6.07, 6.45) is 0.972. The topological polar surface area (TPSA) is 46.3 Å². The van der Waals surface area contributed by atoms with E-state index in [2.05, 4.69) is 18.8 Å². The summed E-state index contributed by atoms with van der Waals surface area (Å²) < 4.78 is 0. The number of nitrogens with two attached hydrogens (primary N) is 1. The van der Waals surface area contributed by atoms with Gasteiger partial charge in [-0.2, -0.15) is 0 Å². The molecule has 1 aromatic rings. The lowest BCUT2D eigenvalue weighted by molar-refractivity contribution is 0.0764. The van der Waals surface area contributed by atoms with Gasteiger partial charge in [-0.15, -0.1) is 0 Å². The van der Waals surface area contributed by atoms with Crippen molar-refractivity contribution in [3.05, 3.63) is 35.4 Å². The van der Waals surface area contributed by atoms with Gasteiger partial charge in [0.25, 0.3) is 5.91 Å². The van der Waals surface area contributed by atoms with Crippen molar-refractivity contribution in [3.8, 4) is 11.8 Å². The largest absolute Gasteiger partial charge is 0.339 e. The molecule has 0 unspecified atom stereocenters. The minimum atomic E-state index is 0.0812. The standard InChI is InChI=1S/C15H20N2O/c1-3-12-17(4-2)15(18)14-9-7-13(8-10-14)6-5-11-16/h7-10H,3-4,11-12,16H2,1-2H3. The van der Waals surface area contributed by atoms with Gasteiger partial charge in [-0.3, -0.25) is 4.79 Å². The summed E-state index contributed by atoms with van der Waals surface area (Å²) in [5, 5.41) is 0. The average molecular weight is 244 g/mol. The second kappa shape index (κ2) is 7.52. The Hall–Kier alpha value is -1.79. The van der Waals surface area contributed by atoms with Crippen molar-refractivity contribution in [1.82, 2.24) is 4.90 Å². The summed E-state index contributed by atoms with van der Waals surface area (Å²) in [6.45, 7) is 5.95. The quantitative estimate of drug-likeness (QED) is 0.822. The molecule has 0 saturated heterocycles. The predicted molar refractivity (Wildman–Crippen MR) is 74.2 cm³/mol. The van der Waals surface area contributed by atoms with Gasteiger partial charge in [0, 0.05) is 24.2 Å². The normalized spacial score (nSPS) is 9.50. The molecule has 1 amide bonds. The molecule has 0 heterocycles. The Morgan fingerprint density at radius 1 is 1.28 bits per heavy atom. The molecule has 0 aliphatic heterocycles. The number of benzene rings is 1. The molecular formula is C15H20N2O. The maximum absolute atomic E-state index is 12.2. The highest BCUT2D eigenvalue weighted by atomic mass is 16.2. The molecule has 18 heavy (non-hydrogen) atoms. The number of carbonyl (C=O) groups excluding carboxylic acids is 1.